The number of carboxylic acids is 1. The molecule has 0 aliphatic heterocycles. The van der Waals surface area contributed by atoms with Crippen LogP contribution in [0.5, 0.6) is 0 Å². The van der Waals surface area contributed by atoms with Crippen LogP contribution in [0.4, 0.5) is 8.78 Å². The zero-order valence-corrected chi connectivity index (χ0v) is 35.9. The summed E-state index contributed by atoms with van der Waals surface area (Å²) in [5.74, 6) is -7.23. The summed E-state index contributed by atoms with van der Waals surface area (Å²) in [5.41, 5.74) is -2.52. The molecule has 2 rings (SSSR count). The Morgan fingerprint density at radius 1 is 0.585 bits per heavy atom. The first-order valence-corrected chi connectivity index (χ1v) is 20.5. The summed E-state index contributed by atoms with van der Waals surface area (Å²) >= 11 is 0. The zero-order valence-electron chi connectivity index (χ0n) is 35.9. The van der Waals surface area contributed by atoms with Crippen molar-refractivity contribution >= 4 is 60.5 Å². The number of unbranched alkanes of at least 4 members (excludes halogenated alkanes) is 1. The fourth-order valence-electron chi connectivity index (χ4n) is 5.38. The van der Waals surface area contributed by atoms with Crippen molar-refractivity contribution < 1.29 is 91.2 Å². The number of amides is 4. The number of carbonyl (C=O) groups excluding carboxylic acids is 5. The average molecular weight is 928 g/mol. The van der Waals surface area contributed by atoms with Crippen LogP contribution in [0.3, 0.4) is 0 Å². The molecule has 0 radical (unpaired) electrons. The van der Waals surface area contributed by atoms with Crippen LogP contribution in [0.15, 0.2) is 30.3 Å². The molecule has 0 fully saturated rings. The van der Waals surface area contributed by atoms with E-state index in [0.717, 1.165) is 24.7 Å². The Kier molecular flexibility index (Phi) is 28.2. The second-order valence-corrected chi connectivity index (χ2v) is 13.8. The standard InChI is InChI=1S/C39H57B2F2N5O17/c1-44-6-9-60-12-15-63-23-34(49)45-7-10-61-13-16-64-24-35(50)46-8-11-62-14-17-65-25-36(51)48-33(39(54)55)4-2-3-5-47-38(53)27-18-26(19-28(20-27)40(56)57)37(52)29-21-30(41(58)59)32(43)22-31(29)42/h18-22,33,44,56-59H,2-17,23-25H2,1H3,(H,45,49)(H,46,50)(H,47,53)(H,48,51)(H,54,55)/t33-/m0/s1. The topological polar surface area (TPSA) is 319 Å². The number of carbonyl (C=O) groups is 6. The van der Waals surface area contributed by atoms with Crippen molar-refractivity contribution in [2.75, 3.05) is 113 Å². The number of halogens is 2. The lowest BCUT2D eigenvalue weighted by atomic mass is 9.76. The normalized spacial score (nSPS) is 11.4. The maximum atomic E-state index is 14.5. The summed E-state index contributed by atoms with van der Waals surface area (Å²) in [6, 6.07) is 2.63. The van der Waals surface area contributed by atoms with Gasteiger partial charge in [-0.2, -0.15) is 0 Å². The van der Waals surface area contributed by atoms with Gasteiger partial charge in [-0.05, 0) is 50.0 Å². The van der Waals surface area contributed by atoms with Gasteiger partial charge in [0.25, 0.3) is 5.91 Å². The van der Waals surface area contributed by atoms with Crippen LogP contribution < -0.4 is 37.5 Å². The quantitative estimate of drug-likeness (QED) is 0.0175. The van der Waals surface area contributed by atoms with Gasteiger partial charge in [0.2, 0.25) is 17.7 Å². The van der Waals surface area contributed by atoms with E-state index in [2.05, 4.69) is 26.6 Å². The van der Waals surface area contributed by atoms with E-state index in [1.165, 1.54) is 0 Å². The van der Waals surface area contributed by atoms with E-state index < -0.39 is 78.7 Å². The maximum Gasteiger partial charge on any atom is 0.491 e. The molecule has 26 heteroatoms. The number of likely N-dealkylation sites (N-methyl/N-ethyl adjacent to an activating group) is 1. The number of hydrogen-bond acceptors (Lipinski definition) is 17. The van der Waals surface area contributed by atoms with E-state index in [-0.39, 0.29) is 121 Å². The van der Waals surface area contributed by atoms with Crippen LogP contribution in [-0.2, 0) is 47.6 Å². The molecule has 2 aromatic rings. The van der Waals surface area contributed by atoms with E-state index in [4.69, 9.17) is 28.4 Å². The third-order valence-corrected chi connectivity index (χ3v) is 8.67. The lowest BCUT2D eigenvalue weighted by Gasteiger charge is -2.15. The van der Waals surface area contributed by atoms with Gasteiger partial charge in [0.05, 0.1) is 65.0 Å². The highest BCUT2D eigenvalue weighted by Gasteiger charge is 2.26. The molecule has 65 heavy (non-hydrogen) atoms. The summed E-state index contributed by atoms with van der Waals surface area (Å²) in [7, 11) is -2.70. The number of aliphatic carboxylic acids is 1. The first-order valence-electron chi connectivity index (χ1n) is 20.5. The number of carboxylic acid groups (broad SMARTS) is 1. The average Bonchev–Trinajstić information content (AvgIpc) is 3.26. The van der Waals surface area contributed by atoms with Gasteiger partial charge >= 0.3 is 20.2 Å². The highest BCUT2D eigenvalue weighted by Crippen LogP contribution is 2.16. The molecule has 22 nitrogen and oxygen atoms in total. The summed E-state index contributed by atoms with van der Waals surface area (Å²) in [5, 5.41) is 60.8. The molecule has 1 atom stereocenters. The second-order valence-electron chi connectivity index (χ2n) is 13.8. The minimum atomic E-state index is -2.37. The van der Waals surface area contributed by atoms with Gasteiger partial charge in [0, 0.05) is 48.8 Å². The smallest absolute Gasteiger partial charge is 0.480 e. The van der Waals surface area contributed by atoms with Crippen molar-refractivity contribution in [1.29, 1.82) is 0 Å². The predicted octanol–water partition coefficient (Wildman–Crippen LogP) is -4.42. The minimum Gasteiger partial charge on any atom is -0.480 e. The Hall–Kier alpha value is -4.99. The number of nitrogens with one attached hydrogen (secondary N) is 5. The molecule has 0 aliphatic carbocycles. The molecule has 4 amide bonds. The van der Waals surface area contributed by atoms with Crippen LogP contribution in [0.25, 0.3) is 0 Å². The molecule has 0 unspecified atom stereocenters. The Labute approximate surface area is 374 Å². The van der Waals surface area contributed by atoms with Crippen molar-refractivity contribution in [3.05, 3.63) is 58.7 Å². The lowest BCUT2D eigenvalue weighted by molar-refractivity contribution is -0.142. The fraction of sp³-hybridized carbons (Fsp3) is 0.538. The van der Waals surface area contributed by atoms with E-state index in [1.807, 2.05) is 7.05 Å². The Balaban J connectivity index is 1.56. The summed E-state index contributed by atoms with van der Waals surface area (Å²) in [6.07, 6.45) is 0.440. The fourth-order valence-corrected chi connectivity index (χ4v) is 5.38. The summed E-state index contributed by atoms with van der Waals surface area (Å²) < 4.78 is 60.1. The third-order valence-electron chi connectivity index (χ3n) is 8.67. The Morgan fingerprint density at radius 2 is 1.11 bits per heavy atom. The van der Waals surface area contributed by atoms with Crippen molar-refractivity contribution in [2.24, 2.45) is 0 Å². The molecule has 0 heterocycles. The molecule has 0 bridgehead atoms. The molecular weight excluding hydrogens is 870 g/mol. The monoisotopic (exact) mass is 927 g/mol. The van der Waals surface area contributed by atoms with E-state index in [0.29, 0.717) is 25.9 Å². The number of ketones is 1. The molecule has 0 saturated heterocycles. The van der Waals surface area contributed by atoms with Gasteiger partial charge in [-0.1, -0.05) is 6.07 Å². The predicted molar refractivity (Wildman–Crippen MR) is 226 cm³/mol. The van der Waals surface area contributed by atoms with Gasteiger partial charge in [0.1, 0.15) is 37.5 Å². The number of rotatable bonds is 36. The van der Waals surface area contributed by atoms with Crippen LogP contribution in [0.2, 0.25) is 0 Å². The Bertz CT molecular complexity index is 1820. The molecule has 10 N–H and O–H groups in total. The zero-order chi connectivity index (χ0) is 48.0. The molecule has 360 valence electrons. The van der Waals surface area contributed by atoms with Gasteiger partial charge in [-0.3, -0.25) is 24.0 Å². The first kappa shape index (κ1) is 56.1. The molecule has 0 aromatic heterocycles. The van der Waals surface area contributed by atoms with E-state index >= 15 is 0 Å². The van der Waals surface area contributed by atoms with Crippen LogP contribution in [0, 0.1) is 11.6 Å². The SMILES string of the molecule is CNCCOCCOCC(=O)NCCOCCOCC(=O)NCCOCCOCC(=O)N[C@@H](CCCCNC(=O)c1cc(B(O)O)cc(C(=O)c2cc(B(O)O)c(F)cc2F)c1)C(=O)O. The van der Waals surface area contributed by atoms with E-state index in [9.17, 15) is 62.8 Å². The van der Waals surface area contributed by atoms with Crippen molar-refractivity contribution in [1.82, 2.24) is 26.6 Å². The van der Waals surface area contributed by atoms with Crippen LogP contribution in [0.1, 0.15) is 45.5 Å². The maximum absolute atomic E-state index is 14.5. The molecule has 0 spiro atoms. The highest BCUT2D eigenvalue weighted by atomic mass is 19.1. The molecular formula is C39H57B2F2N5O17. The number of hydrogen-bond donors (Lipinski definition) is 10. The second kappa shape index (κ2) is 32.6. The third kappa shape index (κ3) is 23.7. The summed E-state index contributed by atoms with van der Waals surface area (Å²) in [6.45, 7) is 2.59. The van der Waals surface area contributed by atoms with Gasteiger partial charge in [0.15, 0.2) is 5.78 Å². The molecule has 0 aliphatic rings. The van der Waals surface area contributed by atoms with Crippen LogP contribution in [-0.4, -0.2) is 193 Å². The number of ether oxygens (including phenoxy) is 6. The Morgan fingerprint density at radius 3 is 1.63 bits per heavy atom. The van der Waals surface area contributed by atoms with Gasteiger partial charge < -0.3 is 80.2 Å². The summed E-state index contributed by atoms with van der Waals surface area (Å²) in [4.78, 5) is 73.6. The number of benzene rings is 2. The largest absolute Gasteiger partial charge is 0.491 e. The highest BCUT2D eigenvalue weighted by molar-refractivity contribution is 6.59. The van der Waals surface area contributed by atoms with Crippen LogP contribution >= 0.6 is 0 Å². The van der Waals surface area contributed by atoms with E-state index in [1.54, 1.807) is 0 Å². The van der Waals surface area contributed by atoms with Gasteiger partial charge in [-0.15, -0.1) is 0 Å². The first-order chi connectivity index (χ1) is 31.1. The van der Waals surface area contributed by atoms with Crippen molar-refractivity contribution in [3.8, 4) is 0 Å². The minimum absolute atomic E-state index is 0.0000243. The van der Waals surface area contributed by atoms with Gasteiger partial charge in [-0.25, -0.2) is 13.6 Å². The molecule has 2 aromatic carbocycles. The van der Waals surface area contributed by atoms with Crippen molar-refractivity contribution in [3.63, 3.8) is 0 Å². The van der Waals surface area contributed by atoms with Crippen molar-refractivity contribution in [2.45, 2.75) is 25.3 Å². The lowest BCUT2D eigenvalue weighted by Crippen LogP contribution is -2.42. The molecule has 0 saturated carbocycles.